The lowest BCUT2D eigenvalue weighted by molar-refractivity contribution is -0.134. The van der Waals surface area contributed by atoms with E-state index >= 15 is 0 Å². The molecule has 5 nitrogen and oxygen atoms in total. The standard InChI is InChI=1S/C20H29FN4O.HI/c1-22-20(23-12-10-15-6-4-5-9-18(15)21)24-17-11-13-25(14-17)19(26)16-7-2-3-8-16;/h4-6,9,16-17H,2-3,7-8,10-14H2,1H3,(H2,22,23,24);1H. The Balaban J connectivity index is 0.00000261. The summed E-state index contributed by atoms with van der Waals surface area (Å²) in [5.74, 6) is 1.11. The zero-order valence-corrected chi connectivity index (χ0v) is 18.2. The van der Waals surface area contributed by atoms with Crippen molar-refractivity contribution in [2.75, 3.05) is 26.7 Å². The summed E-state index contributed by atoms with van der Waals surface area (Å²) >= 11 is 0. The Morgan fingerprint density at radius 3 is 2.70 bits per heavy atom. The lowest BCUT2D eigenvalue weighted by Gasteiger charge is -2.21. The summed E-state index contributed by atoms with van der Waals surface area (Å²) in [5, 5.41) is 6.63. The molecule has 7 heteroatoms. The van der Waals surface area contributed by atoms with Crippen LogP contribution < -0.4 is 10.6 Å². The van der Waals surface area contributed by atoms with E-state index in [4.69, 9.17) is 0 Å². The van der Waals surface area contributed by atoms with Gasteiger partial charge >= 0.3 is 0 Å². The first-order chi connectivity index (χ1) is 12.7. The number of carbonyl (C=O) groups is 1. The van der Waals surface area contributed by atoms with E-state index < -0.39 is 0 Å². The number of amides is 1. The molecular weight excluding hydrogens is 458 g/mol. The molecular formula is C20H30FIN4O. The first-order valence-corrected chi connectivity index (χ1v) is 9.66. The second-order valence-electron chi connectivity index (χ2n) is 7.24. The van der Waals surface area contributed by atoms with E-state index in [0.29, 0.717) is 30.4 Å². The Labute approximate surface area is 178 Å². The third-order valence-corrected chi connectivity index (χ3v) is 5.41. The number of likely N-dealkylation sites (tertiary alicyclic amines) is 1. The number of aliphatic imine (C=N–C) groups is 1. The Morgan fingerprint density at radius 1 is 1.26 bits per heavy atom. The average molecular weight is 488 g/mol. The minimum atomic E-state index is -0.172. The van der Waals surface area contributed by atoms with Crippen molar-refractivity contribution in [3.63, 3.8) is 0 Å². The molecule has 1 amide bonds. The molecule has 1 heterocycles. The molecule has 0 radical (unpaired) electrons. The van der Waals surface area contributed by atoms with Gasteiger partial charge in [-0.05, 0) is 37.3 Å². The van der Waals surface area contributed by atoms with Crippen molar-refractivity contribution in [3.05, 3.63) is 35.6 Å². The van der Waals surface area contributed by atoms with Crippen LogP contribution in [0.3, 0.4) is 0 Å². The van der Waals surface area contributed by atoms with Crippen LogP contribution in [0.4, 0.5) is 4.39 Å². The first kappa shape index (κ1) is 21.9. The maximum atomic E-state index is 13.7. The molecule has 0 bridgehead atoms. The highest BCUT2D eigenvalue weighted by Gasteiger charge is 2.32. The van der Waals surface area contributed by atoms with Crippen LogP contribution in [0.25, 0.3) is 0 Å². The molecule has 3 rings (SSSR count). The summed E-state index contributed by atoms with van der Waals surface area (Å²) in [4.78, 5) is 18.8. The number of halogens is 2. The van der Waals surface area contributed by atoms with Crippen LogP contribution in [-0.4, -0.2) is 49.5 Å². The summed E-state index contributed by atoms with van der Waals surface area (Å²) in [6.45, 7) is 2.17. The normalized spacial score (nSPS) is 20.4. The number of nitrogens with one attached hydrogen (secondary N) is 2. The summed E-state index contributed by atoms with van der Waals surface area (Å²) in [5.41, 5.74) is 0.699. The number of benzene rings is 1. The van der Waals surface area contributed by atoms with E-state index in [0.717, 1.165) is 32.4 Å². The van der Waals surface area contributed by atoms with Crippen LogP contribution >= 0.6 is 24.0 Å². The molecule has 1 aliphatic heterocycles. The summed E-state index contributed by atoms with van der Waals surface area (Å²) in [6.07, 6.45) is 6.01. The van der Waals surface area contributed by atoms with E-state index in [1.807, 2.05) is 11.0 Å². The van der Waals surface area contributed by atoms with Crippen molar-refractivity contribution in [2.24, 2.45) is 10.9 Å². The van der Waals surface area contributed by atoms with E-state index in [1.165, 1.54) is 18.9 Å². The second kappa shape index (κ2) is 10.8. The van der Waals surface area contributed by atoms with E-state index in [9.17, 15) is 9.18 Å². The van der Waals surface area contributed by atoms with Crippen molar-refractivity contribution in [2.45, 2.75) is 44.6 Å². The zero-order chi connectivity index (χ0) is 18.4. The van der Waals surface area contributed by atoms with Crippen molar-refractivity contribution < 1.29 is 9.18 Å². The fourth-order valence-electron chi connectivity index (χ4n) is 3.91. The van der Waals surface area contributed by atoms with Gasteiger partial charge in [0.2, 0.25) is 5.91 Å². The van der Waals surface area contributed by atoms with Crippen molar-refractivity contribution >= 4 is 35.8 Å². The monoisotopic (exact) mass is 488 g/mol. The molecule has 1 aromatic rings. The highest BCUT2D eigenvalue weighted by molar-refractivity contribution is 14.0. The Hall–Kier alpha value is -1.38. The molecule has 0 aromatic heterocycles. The van der Waals surface area contributed by atoms with Crippen LogP contribution in [0, 0.1) is 11.7 Å². The molecule has 0 spiro atoms. The smallest absolute Gasteiger partial charge is 0.225 e. The van der Waals surface area contributed by atoms with Gasteiger partial charge in [0.15, 0.2) is 5.96 Å². The summed E-state index contributed by atoms with van der Waals surface area (Å²) < 4.78 is 13.7. The molecule has 1 unspecified atom stereocenters. The van der Waals surface area contributed by atoms with Gasteiger partial charge < -0.3 is 15.5 Å². The number of nitrogens with zero attached hydrogens (tertiary/aromatic N) is 2. The quantitative estimate of drug-likeness (QED) is 0.381. The molecule has 2 aliphatic rings. The second-order valence-corrected chi connectivity index (χ2v) is 7.24. The maximum Gasteiger partial charge on any atom is 0.225 e. The van der Waals surface area contributed by atoms with Crippen molar-refractivity contribution in [3.8, 4) is 0 Å². The van der Waals surface area contributed by atoms with Gasteiger partial charge in [0, 0.05) is 38.6 Å². The highest BCUT2D eigenvalue weighted by Crippen LogP contribution is 2.27. The number of rotatable bonds is 5. The number of hydrogen-bond acceptors (Lipinski definition) is 2. The van der Waals surface area contributed by atoms with E-state index in [2.05, 4.69) is 15.6 Å². The van der Waals surface area contributed by atoms with Crippen LogP contribution in [0.15, 0.2) is 29.3 Å². The van der Waals surface area contributed by atoms with Gasteiger partial charge in [-0.15, -0.1) is 24.0 Å². The molecule has 1 aromatic carbocycles. The van der Waals surface area contributed by atoms with E-state index in [1.54, 1.807) is 19.2 Å². The molecule has 1 saturated carbocycles. The molecule has 2 N–H and O–H groups in total. The van der Waals surface area contributed by atoms with Crippen molar-refractivity contribution in [1.29, 1.82) is 0 Å². The minimum Gasteiger partial charge on any atom is -0.356 e. The molecule has 27 heavy (non-hydrogen) atoms. The number of carbonyl (C=O) groups excluding carboxylic acids is 1. The van der Waals surface area contributed by atoms with Crippen LogP contribution in [-0.2, 0) is 11.2 Å². The number of hydrogen-bond donors (Lipinski definition) is 2. The fraction of sp³-hybridized carbons (Fsp3) is 0.600. The van der Waals surface area contributed by atoms with Gasteiger partial charge in [0.25, 0.3) is 0 Å². The minimum absolute atomic E-state index is 0. The highest BCUT2D eigenvalue weighted by atomic mass is 127. The zero-order valence-electron chi connectivity index (χ0n) is 15.9. The SMILES string of the molecule is CN=C(NCCc1ccccc1F)NC1CCN(C(=O)C2CCCC2)C1.I. The van der Waals surface area contributed by atoms with Crippen LogP contribution in [0.1, 0.15) is 37.7 Å². The van der Waals surface area contributed by atoms with Gasteiger partial charge in [0.05, 0.1) is 0 Å². The largest absolute Gasteiger partial charge is 0.356 e. The van der Waals surface area contributed by atoms with Crippen molar-refractivity contribution in [1.82, 2.24) is 15.5 Å². The number of guanidine groups is 1. The Morgan fingerprint density at radius 2 is 2.00 bits per heavy atom. The average Bonchev–Trinajstić information content (AvgIpc) is 3.34. The molecule has 150 valence electrons. The summed E-state index contributed by atoms with van der Waals surface area (Å²) in [7, 11) is 1.73. The predicted octanol–water partition coefficient (Wildman–Crippen LogP) is 2.94. The molecule has 1 saturated heterocycles. The van der Waals surface area contributed by atoms with Gasteiger partial charge in [-0.25, -0.2) is 4.39 Å². The van der Waals surface area contributed by atoms with Gasteiger partial charge in [0.1, 0.15) is 5.82 Å². The van der Waals surface area contributed by atoms with Crippen LogP contribution in [0.2, 0.25) is 0 Å². The predicted molar refractivity (Wildman–Crippen MR) is 117 cm³/mol. The van der Waals surface area contributed by atoms with Gasteiger partial charge in [-0.3, -0.25) is 9.79 Å². The Kier molecular flexibility index (Phi) is 8.79. The molecule has 1 atom stereocenters. The Bertz CT molecular complexity index is 649. The van der Waals surface area contributed by atoms with E-state index in [-0.39, 0.29) is 41.8 Å². The third-order valence-electron chi connectivity index (χ3n) is 5.41. The van der Waals surface area contributed by atoms with Crippen LogP contribution in [0.5, 0.6) is 0 Å². The van der Waals surface area contributed by atoms with Gasteiger partial charge in [-0.1, -0.05) is 31.0 Å². The lowest BCUT2D eigenvalue weighted by atomic mass is 10.1. The maximum absolute atomic E-state index is 13.7. The topological polar surface area (TPSA) is 56.7 Å². The molecule has 2 fully saturated rings. The molecule has 1 aliphatic carbocycles. The summed E-state index contributed by atoms with van der Waals surface area (Å²) in [6, 6.07) is 7.05. The van der Waals surface area contributed by atoms with Gasteiger partial charge in [-0.2, -0.15) is 0 Å². The lowest BCUT2D eigenvalue weighted by Crippen LogP contribution is -2.45. The third kappa shape index (κ3) is 6.05. The first-order valence-electron chi connectivity index (χ1n) is 9.66. The fourth-order valence-corrected chi connectivity index (χ4v) is 3.91.